The van der Waals surface area contributed by atoms with Gasteiger partial charge in [0, 0.05) is 42.9 Å². The number of Topliss-reactive ketones (excluding diaryl/α,β-unsaturated/α-hetero) is 2. The number of ketones is 2. The lowest BCUT2D eigenvalue weighted by Gasteiger charge is -2.37. The van der Waals surface area contributed by atoms with Crippen molar-refractivity contribution in [3.63, 3.8) is 0 Å². The molecule has 2 aliphatic heterocycles. The summed E-state index contributed by atoms with van der Waals surface area (Å²) in [6.45, 7) is 7.58. The Hall–Kier alpha value is -3.31. The number of oxime groups is 1. The molecule has 2 aliphatic carbocycles. The number of amides is 3. The largest absolute Gasteiger partial charge is 0.387 e. The summed E-state index contributed by atoms with van der Waals surface area (Å²) in [4.78, 5) is 75.9. The quantitative estimate of drug-likeness (QED) is 0.283. The van der Waals surface area contributed by atoms with Crippen molar-refractivity contribution >= 4 is 46.6 Å². The maximum Gasteiger partial charge on any atom is 0.246 e. The summed E-state index contributed by atoms with van der Waals surface area (Å²) >= 11 is 6.25. The molecular formula is C37H51ClN4O7. The molecule has 2 heterocycles. The van der Waals surface area contributed by atoms with E-state index in [1.807, 2.05) is 39.8 Å². The number of carbonyl (C=O) groups excluding carboxylic acids is 5. The zero-order valence-corrected chi connectivity index (χ0v) is 30.1. The van der Waals surface area contributed by atoms with Gasteiger partial charge in [0.1, 0.15) is 12.1 Å². The number of carbonyl (C=O) groups is 5. The Balaban J connectivity index is 1.39. The van der Waals surface area contributed by atoms with Crippen molar-refractivity contribution in [2.24, 2.45) is 22.4 Å². The molecule has 2 N–H and O–H groups in total. The molecule has 3 amide bonds. The molecule has 1 spiro atoms. The normalized spacial score (nSPS) is 26.4. The van der Waals surface area contributed by atoms with Gasteiger partial charge in [0.2, 0.25) is 29.3 Å². The van der Waals surface area contributed by atoms with E-state index in [4.69, 9.17) is 21.2 Å². The first-order valence-electron chi connectivity index (χ1n) is 17.8. The summed E-state index contributed by atoms with van der Waals surface area (Å²) in [5.74, 6) is -2.20. The lowest BCUT2D eigenvalue weighted by atomic mass is 9.83. The smallest absolute Gasteiger partial charge is 0.246 e. The van der Waals surface area contributed by atoms with Crippen LogP contribution in [0, 0.1) is 17.3 Å². The van der Waals surface area contributed by atoms with Gasteiger partial charge in [0.25, 0.3) is 0 Å². The van der Waals surface area contributed by atoms with Crippen LogP contribution >= 0.6 is 11.6 Å². The summed E-state index contributed by atoms with van der Waals surface area (Å²) in [5.41, 5.74) is -0.275. The highest BCUT2D eigenvalue weighted by Crippen LogP contribution is 2.40. The SMILES string of the molecule is CCC[C@H](NC(=O)[C@@H]1C[C@]2(CC(c3cccc(Cl)c3)=NO2)CN1C(=O)[C@@H](NC(=O)[C@H]1CC[C@H](OC)CC1)C(C)(C)C)C(=O)C(=O)CC1CC1. The summed E-state index contributed by atoms with van der Waals surface area (Å²) in [6, 6.07) is 4.30. The van der Waals surface area contributed by atoms with E-state index in [1.54, 1.807) is 19.2 Å². The Kier molecular flexibility index (Phi) is 11.5. The lowest BCUT2D eigenvalue weighted by molar-refractivity contribution is -0.146. The molecule has 1 saturated heterocycles. The average Bonchev–Trinajstić information content (AvgIpc) is 3.66. The van der Waals surface area contributed by atoms with E-state index in [0.29, 0.717) is 42.8 Å². The van der Waals surface area contributed by atoms with Crippen molar-refractivity contribution in [3.8, 4) is 0 Å². The van der Waals surface area contributed by atoms with Gasteiger partial charge in [0.15, 0.2) is 5.60 Å². The van der Waals surface area contributed by atoms with Gasteiger partial charge in [-0.3, -0.25) is 24.0 Å². The van der Waals surface area contributed by atoms with E-state index in [0.717, 1.165) is 31.2 Å². The number of benzene rings is 1. The van der Waals surface area contributed by atoms with Crippen LogP contribution in [0.1, 0.15) is 104 Å². The number of ether oxygens (including phenoxy) is 1. The second-order valence-corrected chi connectivity index (χ2v) is 15.9. The highest BCUT2D eigenvalue weighted by Gasteiger charge is 2.56. The van der Waals surface area contributed by atoms with Gasteiger partial charge < -0.3 is 25.1 Å². The molecule has 1 aromatic rings. The van der Waals surface area contributed by atoms with Gasteiger partial charge in [-0.1, -0.05) is 63.0 Å². The fourth-order valence-electron chi connectivity index (χ4n) is 7.29. The highest BCUT2D eigenvalue weighted by molar-refractivity contribution is 6.39. The topological polar surface area (TPSA) is 143 Å². The van der Waals surface area contributed by atoms with Crippen molar-refractivity contribution < 1.29 is 33.5 Å². The van der Waals surface area contributed by atoms with Crippen LogP contribution in [0.25, 0.3) is 0 Å². The van der Waals surface area contributed by atoms with Crippen LogP contribution < -0.4 is 10.6 Å². The molecule has 0 unspecified atom stereocenters. The first-order valence-corrected chi connectivity index (χ1v) is 18.1. The van der Waals surface area contributed by atoms with E-state index < -0.39 is 52.5 Å². The van der Waals surface area contributed by atoms with Crippen molar-refractivity contribution in [2.75, 3.05) is 13.7 Å². The first kappa shape index (κ1) is 37.0. The minimum Gasteiger partial charge on any atom is -0.387 e. The molecule has 0 bridgehead atoms. The number of likely N-dealkylation sites (tertiary alicyclic amines) is 1. The number of nitrogens with one attached hydrogen (secondary N) is 2. The minimum atomic E-state index is -1.02. The molecule has 12 heteroatoms. The molecule has 4 aliphatic rings. The van der Waals surface area contributed by atoms with Crippen LogP contribution in [0.2, 0.25) is 5.02 Å². The van der Waals surface area contributed by atoms with Gasteiger partial charge in [-0.25, -0.2) is 0 Å². The van der Waals surface area contributed by atoms with Gasteiger partial charge in [-0.05, 0) is 68.4 Å². The number of methoxy groups -OCH3 is 1. The fraction of sp³-hybridized carbons (Fsp3) is 0.676. The number of rotatable bonds is 13. The van der Waals surface area contributed by atoms with Crippen LogP contribution in [0.5, 0.6) is 0 Å². The Morgan fingerprint density at radius 2 is 1.78 bits per heavy atom. The van der Waals surface area contributed by atoms with E-state index in [1.165, 1.54) is 4.90 Å². The van der Waals surface area contributed by atoms with Crippen molar-refractivity contribution in [3.05, 3.63) is 34.9 Å². The third-order valence-electron chi connectivity index (χ3n) is 10.4. The number of hydrogen-bond acceptors (Lipinski definition) is 8. The van der Waals surface area contributed by atoms with Gasteiger partial charge in [-0.2, -0.15) is 0 Å². The van der Waals surface area contributed by atoms with Gasteiger partial charge >= 0.3 is 0 Å². The Bertz CT molecular complexity index is 1460. The van der Waals surface area contributed by atoms with Crippen LogP contribution in [-0.2, 0) is 33.5 Å². The third kappa shape index (κ3) is 8.89. The van der Waals surface area contributed by atoms with E-state index in [2.05, 4.69) is 15.8 Å². The second kappa shape index (κ2) is 15.3. The number of nitrogens with zero attached hydrogens (tertiary/aromatic N) is 2. The maximum atomic E-state index is 14.6. The van der Waals surface area contributed by atoms with Crippen molar-refractivity contribution in [1.29, 1.82) is 0 Å². The molecule has 3 fully saturated rings. The van der Waals surface area contributed by atoms with Crippen LogP contribution in [-0.4, -0.2) is 83.4 Å². The standard InChI is InChI=1S/C37H51ClN4O7/c1-6-8-27(31(44)30(43)17-22-11-12-22)39-34(46)29-20-37(19-28(41-49-37)24-9-7-10-25(38)18-24)21-42(29)35(47)32(36(2,3)4)40-33(45)23-13-15-26(48-5)16-14-23/h7,9-10,18,22-23,26-27,29,32H,6,8,11-17,19-21H2,1-5H3,(H,39,46)(H,40,45)/t23-,26-,27-,29-,32+,37+/m0/s1. The summed E-state index contributed by atoms with van der Waals surface area (Å²) in [5, 5.41) is 10.8. The van der Waals surface area contributed by atoms with Crippen molar-refractivity contribution in [2.45, 2.75) is 128 Å². The number of hydrogen-bond donors (Lipinski definition) is 2. The van der Waals surface area contributed by atoms with Gasteiger partial charge in [-0.15, -0.1) is 0 Å². The predicted octanol–water partition coefficient (Wildman–Crippen LogP) is 4.76. The Morgan fingerprint density at radius 3 is 2.39 bits per heavy atom. The number of halogens is 1. The van der Waals surface area contributed by atoms with E-state index in [-0.39, 0.29) is 43.2 Å². The zero-order valence-electron chi connectivity index (χ0n) is 29.4. The molecule has 49 heavy (non-hydrogen) atoms. The van der Waals surface area contributed by atoms with Crippen LogP contribution in [0.4, 0.5) is 0 Å². The second-order valence-electron chi connectivity index (χ2n) is 15.5. The predicted molar refractivity (Wildman–Crippen MR) is 185 cm³/mol. The monoisotopic (exact) mass is 698 g/mol. The zero-order chi connectivity index (χ0) is 35.5. The third-order valence-corrected chi connectivity index (χ3v) is 10.7. The van der Waals surface area contributed by atoms with Gasteiger partial charge in [0.05, 0.1) is 24.4 Å². The molecule has 1 aromatic carbocycles. The fourth-order valence-corrected chi connectivity index (χ4v) is 7.48. The summed E-state index contributed by atoms with van der Waals surface area (Å²) < 4.78 is 5.47. The lowest BCUT2D eigenvalue weighted by Crippen LogP contribution is -2.59. The maximum absolute atomic E-state index is 14.6. The molecule has 4 atom stereocenters. The minimum absolute atomic E-state index is 0.0475. The molecule has 0 radical (unpaired) electrons. The Morgan fingerprint density at radius 1 is 1.06 bits per heavy atom. The molecule has 5 rings (SSSR count). The summed E-state index contributed by atoms with van der Waals surface area (Å²) in [7, 11) is 1.68. The first-order chi connectivity index (χ1) is 23.2. The van der Waals surface area contributed by atoms with Crippen LogP contribution in [0.3, 0.4) is 0 Å². The molecule has 11 nitrogen and oxygen atoms in total. The molecule has 0 aromatic heterocycles. The average molecular weight is 699 g/mol. The van der Waals surface area contributed by atoms with E-state index in [9.17, 15) is 24.0 Å². The van der Waals surface area contributed by atoms with Crippen molar-refractivity contribution in [1.82, 2.24) is 15.5 Å². The molecule has 2 saturated carbocycles. The molecular weight excluding hydrogens is 648 g/mol. The summed E-state index contributed by atoms with van der Waals surface area (Å²) in [6.07, 6.45) is 6.39. The highest BCUT2D eigenvalue weighted by atomic mass is 35.5. The van der Waals surface area contributed by atoms with E-state index >= 15 is 0 Å². The Labute approximate surface area is 294 Å². The van der Waals surface area contributed by atoms with Crippen LogP contribution in [0.15, 0.2) is 29.4 Å². The molecule has 268 valence electrons.